The van der Waals surface area contributed by atoms with Gasteiger partial charge < -0.3 is 20.2 Å². The molecule has 2 aromatic heterocycles. The molecule has 3 rings (SSSR count). The van der Waals surface area contributed by atoms with Gasteiger partial charge in [0, 0.05) is 17.7 Å². The number of methoxy groups -OCH3 is 1. The highest BCUT2D eigenvalue weighted by molar-refractivity contribution is 6.38. The summed E-state index contributed by atoms with van der Waals surface area (Å²) < 4.78 is 11.0. The molecule has 0 atom stereocenters. The third-order valence-electron chi connectivity index (χ3n) is 3.63. The van der Waals surface area contributed by atoms with Gasteiger partial charge >= 0.3 is 0 Å². The topological polar surface area (TPSA) is 90.4 Å². The molecule has 0 spiro atoms. The number of pyridine rings is 1. The van der Waals surface area contributed by atoms with E-state index >= 15 is 0 Å². The summed E-state index contributed by atoms with van der Waals surface area (Å²) in [6.45, 7) is 0.237. The van der Waals surface area contributed by atoms with Crippen LogP contribution in [0, 0.1) is 0 Å². The Kier molecular flexibility index (Phi) is 4.74. The smallest absolute Gasteiger partial charge is 0.244 e. The second kappa shape index (κ2) is 7.13. The van der Waals surface area contributed by atoms with E-state index in [4.69, 9.17) is 22.7 Å². The lowest BCUT2D eigenvalue weighted by Crippen LogP contribution is -2.19. The zero-order valence-electron chi connectivity index (χ0n) is 13.7. The summed E-state index contributed by atoms with van der Waals surface area (Å²) in [4.78, 5) is 15.9. The van der Waals surface area contributed by atoms with E-state index in [1.807, 2.05) is 0 Å². The lowest BCUT2D eigenvalue weighted by atomic mass is 9.92. The molecule has 0 saturated carbocycles. The number of ether oxygens (including phenoxy) is 1. The Morgan fingerprint density at radius 2 is 2.24 bits per heavy atom. The van der Waals surface area contributed by atoms with Gasteiger partial charge in [0.2, 0.25) is 5.91 Å². The van der Waals surface area contributed by atoms with Crippen molar-refractivity contribution in [2.75, 3.05) is 12.8 Å². The molecule has 7 heteroatoms. The van der Waals surface area contributed by atoms with Crippen LogP contribution in [0.4, 0.5) is 5.82 Å². The number of carbonyl (C=O) groups excluding carboxylic acids is 1. The number of carbonyl (C=O) groups is 1. The van der Waals surface area contributed by atoms with Crippen molar-refractivity contribution >= 4 is 42.1 Å². The van der Waals surface area contributed by atoms with E-state index < -0.39 is 0 Å². The monoisotopic (exact) mass is 333 g/mol. The van der Waals surface area contributed by atoms with Crippen molar-refractivity contribution in [1.29, 1.82) is 0 Å². The molecule has 1 aromatic carbocycles. The fourth-order valence-electron chi connectivity index (χ4n) is 2.34. The molecular weight excluding hydrogens is 317 g/mol. The molecule has 124 valence electrons. The summed E-state index contributed by atoms with van der Waals surface area (Å²) >= 11 is 0. The number of nitrogens with one attached hydrogen (secondary N) is 1. The number of fused-ring (bicyclic) bond motifs is 1. The van der Waals surface area contributed by atoms with Gasteiger partial charge in [-0.15, -0.1) is 0 Å². The molecule has 3 aromatic rings. The number of amides is 1. The molecule has 25 heavy (non-hydrogen) atoms. The largest absolute Gasteiger partial charge is 0.493 e. The average molecular weight is 333 g/mol. The van der Waals surface area contributed by atoms with E-state index in [0.29, 0.717) is 28.4 Å². The number of furan rings is 1. The Morgan fingerprint density at radius 1 is 1.40 bits per heavy atom. The summed E-state index contributed by atoms with van der Waals surface area (Å²) in [5.74, 6) is 1.36. The van der Waals surface area contributed by atoms with E-state index in [-0.39, 0.29) is 12.5 Å². The summed E-state index contributed by atoms with van der Waals surface area (Å²) in [7, 11) is 7.50. The van der Waals surface area contributed by atoms with Gasteiger partial charge in [0.25, 0.3) is 0 Å². The summed E-state index contributed by atoms with van der Waals surface area (Å²) in [6.07, 6.45) is 4.67. The minimum atomic E-state index is -0.253. The van der Waals surface area contributed by atoms with Crippen molar-refractivity contribution < 1.29 is 13.9 Å². The molecule has 3 N–H and O–H groups in total. The molecular formula is C18H16BN3O3. The molecule has 0 saturated heterocycles. The van der Waals surface area contributed by atoms with Crippen molar-refractivity contribution in [2.24, 2.45) is 0 Å². The Hall–Kier alpha value is -3.22. The number of benzene rings is 1. The number of nitrogens with two attached hydrogens (primary N) is 1. The quantitative estimate of drug-likeness (QED) is 0.546. The van der Waals surface area contributed by atoms with Crippen LogP contribution in [0.25, 0.3) is 17.0 Å². The van der Waals surface area contributed by atoms with E-state index in [2.05, 4.69) is 10.3 Å². The van der Waals surface area contributed by atoms with Gasteiger partial charge in [-0.2, -0.15) is 0 Å². The molecule has 2 heterocycles. The molecule has 0 unspecified atom stereocenters. The fraction of sp³-hybridized carbons (Fsp3) is 0.111. The Morgan fingerprint density at radius 3 is 2.96 bits per heavy atom. The molecule has 0 aliphatic heterocycles. The Labute approximate surface area is 146 Å². The molecule has 0 fully saturated rings. The number of nitrogen functional groups attached to an aromatic ring is 1. The van der Waals surface area contributed by atoms with Gasteiger partial charge in [-0.25, -0.2) is 4.98 Å². The minimum absolute atomic E-state index is 0.237. The first-order chi connectivity index (χ1) is 12.1. The normalized spacial score (nSPS) is 11.1. The van der Waals surface area contributed by atoms with Crippen LogP contribution in [0.3, 0.4) is 0 Å². The maximum Gasteiger partial charge on any atom is 0.244 e. The molecule has 0 aliphatic rings. The lowest BCUT2D eigenvalue weighted by Gasteiger charge is -2.02. The van der Waals surface area contributed by atoms with E-state index in [9.17, 15) is 4.79 Å². The van der Waals surface area contributed by atoms with Crippen molar-refractivity contribution in [2.45, 2.75) is 6.54 Å². The number of rotatable bonds is 5. The van der Waals surface area contributed by atoms with Gasteiger partial charge in [-0.1, -0.05) is 11.5 Å². The van der Waals surface area contributed by atoms with Crippen LogP contribution in [0.5, 0.6) is 5.75 Å². The highest BCUT2D eigenvalue weighted by Crippen LogP contribution is 2.27. The zero-order chi connectivity index (χ0) is 17.8. The summed E-state index contributed by atoms with van der Waals surface area (Å²) in [6, 6.07) is 8.74. The third kappa shape index (κ3) is 3.83. The number of anilines is 1. The number of hydrogen-bond acceptors (Lipinski definition) is 5. The van der Waals surface area contributed by atoms with Gasteiger partial charge in [-0.3, -0.25) is 4.79 Å². The van der Waals surface area contributed by atoms with Crippen LogP contribution in [-0.2, 0) is 11.3 Å². The van der Waals surface area contributed by atoms with Gasteiger partial charge in [0.05, 0.1) is 13.7 Å². The van der Waals surface area contributed by atoms with Crippen molar-refractivity contribution in [1.82, 2.24) is 10.3 Å². The third-order valence-corrected chi connectivity index (χ3v) is 3.63. The van der Waals surface area contributed by atoms with Crippen LogP contribution < -0.4 is 21.3 Å². The van der Waals surface area contributed by atoms with Crippen molar-refractivity contribution in [3.63, 3.8) is 0 Å². The van der Waals surface area contributed by atoms with Crippen LogP contribution in [0.15, 0.2) is 47.0 Å². The fourth-order valence-corrected chi connectivity index (χ4v) is 2.34. The predicted molar refractivity (Wildman–Crippen MR) is 97.7 cm³/mol. The van der Waals surface area contributed by atoms with Gasteiger partial charge in [0.15, 0.2) is 11.3 Å². The number of nitrogens with zero attached hydrogens (tertiary/aromatic N) is 1. The lowest BCUT2D eigenvalue weighted by molar-refractivity contribution is -0.116. The first-order valence-electron chi connectivity index (χ1n) is 7.59. The second-order valence-electron chi connectivity index (χ2n) is 5.38. The molecule has 6 nitrogen and oxygen atoms in total. The van der Waals surface area contributed by atoms with E-state index in [1.165, 1.54) is 6.08 Å². The van der Waals surface area contributed by atoms with Crippen molar-refractivity contribution in [3.8, 4) is 5.75 Å². The molecule has 1 amide bonds. The molecule has 0 bridgehead atoms. The molecule has 2 radical (unpaired) electrons. The number of aromatic nitrogens is 1. The first kappa shape index (κ1) is 16.6. The van der Waals surface area contributed by atoms with E-state index in [1.54, 1.807) is 49.7 Å². The van der Waals surface area contributed by atoms with Crippen LogP contribution in [0.2, 0.25) is 0 Å². The second-order valence-corrected chi connectivity index (χ2v) is 5.38. The highest BCUT2D eigenvalue weighted by atomic mass is 16.5. The summed E-state index contributed by atoms with van der Waals surface area (Å²) in [5, 5.41) is 3.51. The molecule has 0 aliphatic carbocycles. The predicted octanol–water partition coefficient (Wildman–Crippen LogP) is 1.54. The van der Waals surface area contributed by atoms with Crippen LogP contribution in [0.1, 0.15) is 11.3 Å². The van der Waals surface area contributed by atoms with Crippen molar-refractivity contribution in [3.05, 3.63) is 53.9 Å². The van der Waals surface area contributed by atoms with E-state index in [0.717, 1.165) is 10.9 Å². The van der Waals surface area contributed by atoms with Gasteiger partial charge in [0.1, 0.15) is 19.4 Å². The zero-order valence-corrected chi connectivity index (χ0v) is 13.7. The summed E-state index contributed by atoms with van der Waals surface area (Å²) in [5.41, 5.74) is 7.45. The maximum atomic E-state index is 11.9. The SMILES string of the molecule is [B]c1ccc(OC)c2oc(CNC(=O)/C=C/c3ccc(N)nc3)cc12. The number of hydrogen-bond donors (Lipinski definition) is 2. The standard InChI is InChI=1S/C18H16BN3O3/c1-24-15-5-4-14(19)13-8-12(25-18(13)15)10-22-17(23)7-3-11-2-6-16(20)21-9-11/h2-9H,10H2,1H3,(H2,20,21)(H,22,23)/b7-3+. The van der Waals surface area contributed by atoms with Crippen LogP contribution >= 0.6 is 0 Å². The Balaban J connectivity index is 1.67. The van der Waals surface area contributed by atoms with Crippen LogP contribution in [-0.4, -0.2) is 25.8 Å². The maximum absolute atomic E-state index is 11.9. The van der Waals surface area contributed by atoms with Gasteiger partial charge in [-0.05, 0) is 35.9 Å². The first-order valence-corrected chi connectivity index (χ1v) is 7.59. The minimum Gasteiger partial charge on any atom is -0.493 e. The average Bonchev–Trinajstić information content (AvgIpc) is 3.05. The highest BCUT2D eigenvalue weighted by Gasteiger charge is 2.11. The Bertz CT molecular complexity index is 933.